The first-order valence-electron chi connectivity index (χ1n) is 4.07. The number of ether oxygens (including phenoxy) is 1. The molecule has 0 aliphatic rings. The van der Waals surface area contributed by atoms with Gasteiger partial charge >= 0.3 is 5.97 Å². The van der Waals surface area contributed by atoms with Crippen LogP contribution in [0.5, 0.6) is 0 Å². The lowest BCUT2D eigenvalue weighted by atomic mass is 10.1. The number of halogens is 2. The van der Waals surface area contributed by atoms with Gasteiger partial charge in [0.25, 0.3) is 6.43 Å². The topological polar surface area (TPSA) is 59.2 Å². The molecule has 0 atom stereocenters. The van der Waals surface area contributed by atoms with E-state index in [1.165, 1.54) is 6.92 Å². The molecule has 1 heterocycles. The third-order valence-corrected chi connectivity index (χ3v) is 1.97. The maximum Gasteiger partial charge on any atom is 0.354 e. The van der Waals surface area contributed by atoms with Crippen LogP contribution in [0.15, 0.2) is 11.0 Å². The van der Waals surface area contributed by atoms with Crippen molar-refractivity contribution < 1.29 is 18.3 Å². The summed E-state index contributed by atoms with van der Waals surface area (Å²) < 4.78 is 28.9. The molecule has 0 saturated heterocycles. The van der Waals surface area contributed by atoms with Crippen molar-refractivity contribution >= 4 is 5.97 Å². The molecular formula is C9H9F2NO3. The summed E-state index contributed by atoms with van der Waals surface area (Å²) in [4.78, 5) is 24.8. The zero-order valence-corrected chi connectivity index (χ0v) is 8.14. The fourth-order valence-corrected chi connectivity index (χ4v) is 1.13. The smallest absolute Gasteiger partial charge is 0.354 e. The van der Waals surface area contributed by atoms with Gasteiger partial charge in [-0.2, -0.15) is 0 Å². The molecule has 4 nitrogen and oxygen atoms in total. The Kier molecular flexibility index (Phi) is 3.18. The summed E-state index contributed by atoms with van der Waals surface area (Å²) in [5, 5.41) is 0. The van der Waals surface area contributed by atoms with Crippen molar-refractivity contribution in [2.75, 3.05) is 7.11 Å². The van der Waals surface area contributed by atoms with Crippen LogP contribution in [0.3, 0.4) is 0 Å². The molecule has 1 rings (SSSR count). The van der Waals surface area contributed by atoms with Crippen LogP contribution in [0.4, 0.5) is 8.78 Å². The summed E-state index contributed by atoms with van der Waals surface area (Å²) in [5.74, 6) is -0.759. The van der Waals surface area contributed by atoms with Gasteiger partial charge in [-0.1, -0.05) is 0 Å². The highest BCUT2D eigenvalue weighted by Gasteiger charge is 2.18. The van der Waals surface area contributed by atoms with Crippen LogP contribution >= 0.6 is 0 Å². The predicted octanol–water partition coefficient (Wildman–Crippen LogP) is 1.41. The molecular weight excluding hydrogens is 208 g/mol. The molecule has 0 aliphatic carbocycles. The largest absolute Gasteiger partial charge is 0.464 e. The lowest BCUT2D eigenvalue weighted by molar-refractivity contribution is 0.0592. The summed E-state index contributed by atoms with van der Waals surface area (Å²) in [6.07, 6.45) is -2.04. The molecule has 15 heavy (non-hydrogen) atoms. The number of carbonyl (C=O) groups excluding carboxylic acids is 1. The Morgan fingerprint density at radius 2 is 2.13 bits per heavy atom. The second-order valence-electron chi connectivity index (χ2n) is 2.87. The van der Waals surface area contributed by atoms with E-state index in [9.17, 15) is 18.4 Å². The average molecular weight is 217 g/mol. The number of hydrogen-bond donors (Lipinski definition) is 1. The van der Waals surface area contributed by atoms with Crippen LogP contribution in [-0.2, 0) is 4.74 Å². The third kappa shape index (κ3) is 2.03. The van der Waals surface area contributed by atoms with Crippen LogP contribution in [0.25, 0.3) is 0 Å². The summed E-state index contributed by atoms with van der Waals surface area (Å²) in [6.45, 7) is 1.29. The Labute approximate surface area is 83.9 Å². The molecule has 0 radical (unpaired) electrons. The number of alkyl halides is 2. The fourth-order valence-electron chi connectivity index (χ4n) is 1.13. The molecule has 1 aromatic rings. The van der Waals surface area contributed by atoms with Crippen molar-refractivity contribution in [3.8, 4) is 0 Å². The molecule has 0 saturated carbocycles. The van der Waals surface area contributed by atoms with E-state index >= 15 is 0 Å². The number of esters is 1. The maximum absolute atomic E-state index is 12.3. The first-order valence-corrected chi connectivity index (χ1v) is 4.07. The van der Waals surface area contributed by atoms with E-state index in [-0.39, 0.29) is 11.3 Å². The minimum Gasteiger partial charge on any atom is -0.464 e. The Hall–Kier alpha value is -1.72. The number of nitrogens with one attached hydrogen (secondary N) is 1. The van der Waals surface area contributed by atoms with Crippen molar-refractivity contribution in [1.29, 1.82) is 0 Å². The molecule has 0 spiro atoms. The average Bonchev–Trinajstić information content (AvgIpc) is 2.20. The van der Waals surface area contributed by atoms with E-state index in [1.54, 1.807) is 0 Å². The van der Waals surface area contributed by atoms with Gasteiger partial charge in [-0.15, -0.1) is 0 Å². The van der Waals surface area contributed by atoms with Gasteiger partial charge < -0.3 is 9.72 Å². The molecule has 0 amide bonds. The summed E-state index contributed by atoms with van der Waals surface area (Å²) >= 11 is 0. The van der Waals surface area contributed by atoms with Crippen molar-refractivity contribution in [2.24, 2.45) is 0 Å². The van der Waals surface area contributed by atoms with E-state index in [0.717, 1.165) is 13.3 Å². The highest BCUT2D eigenvalue weighted by molar-refractivity contribution is 5.88. The number of methoxy groups -OCH3 is 1. The highest BCUT2D eigenvalue weighted by atomic mass is 19.3. The molecule has 0 unspecified atom stereocenters. The van der Waals surface area contributed by atoms with Gasteiger partial charge in [-0.3, -0.25) is 4.79 Å². The summed E-state index contributed by atoms with van der Waals surface area (Å²) in [5.41, 5.74) is -1.67. The summed E-state index contributed by atoms with van der Waals surface area (Å²) in [7, 11) is 1.14. The second-order valence-corrected chi connectivity index (χ2v) is 2.87. The summed E-state index contributed by atoms with van der Waals surface area (Å²) in [6, 6.07) is 0. The van der Waals surface area contributed by atoms with Crippen LogP contribution in [-0.4, -0.2) is 18.1 Å². The van der Waals surface area contributed by atoms with E-state index < -0.39 is 23.4 Å². The molecule has 1 N–H and O–H groups in total. The minimum atomic E-state index is -2.86. The van der Waals surface area contributed by atoms with Crippen LogP contribution in [0.1, 0.15) is 28.0 Å². The first-order chi connectivity index (χ1) is 6.99. The normalized spacial score (nSPS) is 10.5. The predicted molar refractivity (Wildman–Crippen MR) is 48.1 cm³/mol. The number of carbonyl (C=O) groups is 1. The van der Waals surface area contributed by atoms with E-state index in [2.05, 4.69) is 9.72 Å². The monoisotopic (exact) mass is 217 g/mol. The number of pyridine rings is 1. The minimum absolute atomic E-state index is 0.0698. The maximum atomic E-state index is 12.3. The van der Waals surface area contributed by atoms with Crippen molar-refractivity contribution in [1.82, 2.24) is 4.98 Å². The Morgan fingerprint density at radius 1 is 1.53 bits per heavy atom. The molecule has 0 bridgehead atoms. The number of rotatable bonds is 2. The molecule has 0 fully saturated rings. The fraction of sp³-hybridized carbons (Fsp3) is 0.333. The van der Waals surface area contributed by atoms with Gasteiger partial charge in [0, 0.05) is 11.8 Å². The lowest BCUT2D eigenvalue weighted by Gasteiger charge is -2.05. The van der Waals surface area contributed by atoms with Gasteiger partial charge in [0.1, 0.15) is 5.69 Å². The van der Waals surface area contributed by atoms with Crippen molar-refractivity contribution in [3.05, 3.63) is 33.2 Å². The van der Waals surface area contributed by atoms with Crippen molar-refractivity contribution in [2.45, 2.75) is 13.3 Å². The molecule has 82 valence electrons. The van der Waals surface area contributed by atoms with Gasteiger partial charge in [-0.25, -0.2) is 13.6 Å². The Bertz CT molecular complexity index is 439. The second kappa shape index (κ2) is 4.20. The highest BCUT2D eigenvalue weighted by Crippen LogP contribution is 2.15. The van der Waals surface area contributed by atoms with Crippen LogP contribution in [0.2, 0.25) is 0 Å². The van der Waals surface area contributed by atoms with E-state index in [1.807, 2.05) is 0 Å². The van der Waals surface area contributed by atoms with Gasteiger partial charge in [0.15, 0.2) is 5.43 Å². The van der Waals surface area contributed by atoms with Gasteiger partial charge in [0.05, 0.1) is 12.7 Å². The Balaban J connectivity index is 3.34. The molecule has 6 heteroatoms. The Morgan fingerprint density at radius 3 is 2.60 bits per heavy atom. The lowest BCUT2D eigenvalue weighted by Crippen LogP contribution is -2.19. The SMILES string of the molecule is COC(=O)c1[nH]cc(C(F)F)c(=O)c1C. The number of hydrogen-bond acceptors (Lipinski definition) is 3. The standard InChI is InChI=1S/C9H9F2NO3/c1-4-6(9(14)15-2)12-3-5(7(4)13)8(10)11/h3,8H,1-2H3,(H,12,13). The van der Waals surface area contributed by atoms with Gasteiger partial charge in [-0.05, 0) is 6.92 Å². The van der Waals surface area contributed by atoms with Crippen LogP contribution in [0, 0.1) is 6.92 Å². The van der Waals surface area contributed by atoms with E-state index in [4.69, 9.17) is 0 Å². The zero-order valence-electron chi connectivity index (χ0n) is 8.14. The van der Waals surface area contributed by atoms with Crippen LogP contribution < -0.4 is 5.43 Å². The number of H-pyrrole nitrogens is 1. The molecule has 0 aliphatic heterocycles. The van der Waals surface area contributed by atoms with E-state index in [0.29, 0.717) is 0 Å². The zero-order chi connectivity index (χ0) is 11.6. The quantitative estimate of drug-likeness (QED) is 0.762. The molecule has 0 aromatic carbocycles. The van der Waals surface area contributed by atoms with Gasteiger partial charge in [0.2, 0.25) is 0 Å². The third-order valence-electron chi connectivity index (χ3n) is 1.97. The van der Waals surface area contributed by atoms with Crippen molar-refractivity contribution in [3.63, 3.8) is 0 Å². The first kappa shape index (κ1) is 11.4. The number of aromatic amines is 1. The molecule has 1 aromatic heterocycles. The number of aromatic nitrogens is 1.